The van der Waals surface area contributed by atoms with Crippen LogP contribution >= 0.6 is 0 Å². The number of pyridine rings is 1. The number of carbonyl (C=O) groups excluding carboxylic acids is 3. The second kappa shape index (κ2) is 7.33. The van der Waals surface area contributed by atoms with Crippen LogP contribution in [0.2, 0.25) is 0 Å². The zero-order chi connectivity index (χ0) is 15.1. The molecule has 0 spiro atoms. The van der Waals surface area contributed by atoms with Gasteiger partial charge in [-0.2, -0.15) is 0 Å². The summed E-state index contributed by atoms with van der Waals surface area (Å²) in [5, 5.41) is 2.34. The normalized spacial score (nSPS) is 14.9. The van der Waals surface area contributed by atoms with Crippen LogP contribution in [0.4, 0.5) is 0 Å². The Morgan fingerprint density at radius 3 is 2.71 bits per heavy atom. The van der Waals surface area contributed by atoms with Gasteiger partial charge in [0, 0.05) is 25.4 Å². The van der Waals surface area contributed by atoms with Gasteiger partial charge in [-0.15, -0.1) is 0 Å². The highest BCUT2D eigenvalue weighted by Crippen LogP contribution is 2.18. The fourth-order valence-electron chi connectivity index (χ4n) is 2.16. The molecule has 6 heteroatoms. The summed E-state index contributed by atoms with van der Waals surface area (Å²) in [6.07, 6.45) is 6.27. The molecule has 21 heavy (non-hydrogen) atoms. The van der Waals surface area contributed by atoms with E-state index in [1.807, 2.05) is 0 Å². The number of amides is 2. The van der Waals surface area contributed by atoms with Gasteiger partial charge in [-0.25, -0.2) is 0 Å². The molecule has 2 heterocycles. The lowest BCUT2D eigenvalue weighted by Crippen LogP contribution is -2.30. The van der Waals surface area contributed by atoms with Crippen molar-refractivity contribution in [2.24, 2.45) is 0 Å². The molecule has 0 atom stereocenters. The van der Waals surface area contributed by atoms with Crippen molar-refractivity contribution in [3.63, 3.8) is 0 Å². The highest BCUT2D eigenvalue weighted by Gasteiger charge is 2.23. The minimum Gasteiger partial charge on any atom is -0.345 e. The average Bonchev–Trinajstić information content (AvgIpc) is 3.05. The van der Waals surface area contributed by atoms with Crippen LogP contribution in [0.5, 0.6) is 0 Å². The van der Waals surface area contributed by atoms with Crippen LogP contribution in [-0.4, -0.2) is 47.6 Å². The fourth-order valence-corrected chi connectivity index (χ4v) is 2.16. The van der Waals surface area contributed by atoms with Gasteiger partial charge in [-0.05, 0) is 25.0 Å². The molecular weight excluding hydrogens is 270 g/mol. The van der Waals surface area contributed by atoms with Gasteiger partial charge in [0.15, 0.2) is 0 Å². The first-order valence-electron chi connectivity index (χ1n) is 6.77. The third kappa shape index (κ3) is 3.98. The van der Waals surface area contributed by atoms with E-state index in [1.165, 1.54) is 6.08 Å². The predicted molar refractivity (Wildman–Crippen MR) is 76.7 cm³/mol. The van der Waals surface area contributed by atoms with E-state index >= 15 is 0 Å². The maximum Gasteiger partial charge on any atom is 0.256 e. The Hall–Kier alpha value is -2.50. The predicted octanol–water partition coefficient (Wildman–Crippen LogP) is 0.313. The summed E-state index contributed by atoms with van der Waals surface area (Å²) >= 11 is 0. The molecule has 1 radical (unpaired) electrons. The molecule has 1 aromatic heterocycles. The van der Waals surface area contributed by atoms with Gasteiger partial charge in [0.05, 0.1) is 17.8 Å². The van der Waals surface area contributed by atoms with Crippen molar-refractivity contribution >= 4 is 23.7 Å². The molecule has 2 rings (SSSR count). The average molecular weight is 286 g/mol. The number of nitrogens with zero attached hydrogens (tertiary/aromatic N) is 2. The number of hydrogen-bond acceptors (Lipinski definition) is 4. The molecule has 6 nitrogen and oxygen atoms in total. The Bertz CT molecular complexity index is 549. The maximum atomic E-state index is 12.5. The van der Waals surface area contributed by atoms with Crippen molar-refractivity contribution in [3.8, 4) is 0 Å². The summed E-state index contributed by atoms with van der Waals surface area (Å²) in [6.45, 7) is 1.17. The van der Waals surface area contributed by atoms with Gasteiger partial charge in [0.25, 0.3) is 5.91 Å². The minimum atomic E-state index is -0.508. The largest absolute Gasteiger partial charge is 0.345 e. The van der Waals surface area contributed by atoms with Gasteiger partial charge >= 0.3 is 0 Å². The number of nitrogens with one attached hydrogen (secondary N) is 1. The van der Waals surface area contributed by atoms with E-state index in [0.717, 1.165) is 12.8 Å². The first-order valence-corrected chi connectivity index (χ1v) is 6.77. The zero-order valence-electron chi connectivity index (χ0n) is 11.5. The third-order valence-electron chi connectivity index (χ3n) is 3.17. The van der Waals surface area contributed by atoms with E-state index in [1.54, 1.807) is 35.6 Å². The molecule has 0 bridgehead atoms. The van der Waals surface area contributed by atoms with E-state index in [9.17, 15) is 14.4 Å². The Morgan fingerprint density at radius 1 is 1.33 bits per heavy atom. The molecule has 1 aliphatic heterocycles. The number of hydrogen-bond donors (Lipinski definition) is 1. The second-order valence-electron chi connectivity index (χ2n) is 4.63. The van der Waals surface area contributed by atoms with Crippen LogP contribution in [0.1, 0.15) is 18.5 Å². The van der Waals surface area contributed by atoms with Crippen LogP contribution in [0, 0.1) is 0 Å². The molecule has 2 amide bonds. The number of likely N-dealkylation sites (tertiary alicyclic amines) is 1. The summed E-state index contributed by atoms with van der Waals surface area (Å²) in [4.78, 5) is 40.3. The topological polar surface area (TPSA) is 79.4 Å². The van der Waals surface area contributed by atoms with Crippen molar-refractivity contribution in [2.75, 3.05) is 19.6 Å². The van der Waals surface area contributed by atoms with Crippen LogP contribution in [0.3, 0.4) is 0 Å². The maximum absolute atomic E-state index is 12.5. The molecule has 109 valence electrons. The zero-order valence-corrected chi connectivity index (χ0v) is 11.5. The van der Waals surface area contributed by atoms with Crippen molar-refractivity contribution in [1.82, 2.24) is 15.2 Å². The lowest BCUT2D eigenvalue weighted by molar-refractivity contribution is -0.124. The minimum absolute atomic E-state index is 0.206. The highest BCUT2D eigenvalue weighted by molar-refractivity contribution is 6.23. The van der Waals surface area contributed by atoms with Gasteiger partial charge in [0.2, 0.25) is 12.2 Å². The molecule has 1 fully saturated rings. The highest BCUT2D eigenvalue weighted by atomic mass is 16.2. The summed E-state index contributed by atoms with van der Waals surface area (Å²) in [7, 11) is 0. The van der Waals surface area contributed by atoms with Gasteiger partial charge in [-0.1, -0.05) is 6.07 Å². The Kier molecular flexibility index (Phi) is 5.20. The number of carbonyl (C=O) groups is 2. The van der Waals surface area contributed by atoms with E-state index in [2.05, 4.69) is 10.3 Å². The smallest absolute Gasteiger partial charge is 0.256 e. The number of aromatic nitrogens is 1. The summed E-state index contributed by atoms with van der Waals surface area (Å²) in [5.74, 6) is -0.719. The van der Waals surface area contributed by atoms with Crippen LogP contribution in [0.25, 0.3) is 5.57 Å². The standard InChI is InChI=1S/C15H16N3O3/c19-10-7-17-14(20)11-12(13-5-1-2-6-16-13)15(21)18-8-3-4-9-18/h1-2,5-6,11H,3-4,7-9H2,(H,17,20). The van der Waals surface area contributed by atoms with E-state index < -0.39 is 5.91 Å². The molecule has 0 aliphatic carbocycles. The van der Waals surface area contributed by atoms with Crippen molar-refractivity contribution < 1.29 is 14.4 Å². The Morgan fingerprint density at radius 2 is 2.10 bits per heavy atom. The molecule has 0 aromatic carbocycles. The third-order valence-corrected chi connectivity index (χ3v) is 3.17. The van der Waals surface area contributed by atoms with Gasteiger partial charge in [0.1, 0.15) is 0 Å². The van der Waals surface area contributed by atoms with Crippen molar-refractivity contribution in [3.05, 3.63) is 36.2 Å². The van der Waals surface area contributed by atoms with Crippen LogP contribution in [-0.2, 0) is 14.4 Å². The van der Waals surface area contributed by atoms with Crippen LogP contribution < -0.4 is 5.32 Å². The lowest BCUT2D eigenvalue weighted by atomic mass is 10.1. The molecule has 1 saturated heterocycles. The molecule has 1 aromatic rings. The molecule has 0 unspecified atom stereocenters. The summed E-state index contributed by atoms with van der Waals surface area (Å²) in [6, 6.07) is 5.17. The van der Waals surface area contributed by atoms with E-state index in [4.69, 9.17) is 0 Å². The molecule has 1 aliphatic rings. The van der Waals surface area contributed by atoms with Gasteiger partial charge in [-0.3, -0.25) is 19.4 Å². The van der Waals surface area contributed by atoms with Crippen molar-refractivity contribution in [2.45, 2.75) is 12.8 Å². The van der Waals surface area contributed by atoms with Crippen LogP contribution in [0.15, 0.2) is 30.5 Å². The first-order chi connectivity index (χ1) is 10.2. The van der Waals surface area contributed by atoms with Gasteiger partial charge < -0.3 is 10.2 Å². The van der Waals surface area contributed by atoms with E-state index in [0.29, 0.717) is 18.8 Å². The molecular formula is C15H16N3O3. The van der Waals surface area contributed by atoms with Crippen molar-refractivity contribution in [1.29, 1.82) is 0 Å². The first kappa shape index (κ1) is 14.9. The quantitative estimate of drug-likeness (QED) is 0.790. The number of rotatable bonds is 5. The molecule has 1 N–H and O–H groups in total. The summed E-state index contributed by atoms with van der Waals surface area (Å²) < 4.78 is 0. The lowest BCUT2D eigenvalue weighted by Gasteiger charge is -2.17. The Balaban J connectivity index is 2.25. The Labute approximate surface area is 122 Å². The monoisotopic (exact) mass is 286 g/mol. The SMILES string of the molecule is O=[C]CNC(=O)C=C(C(=O)N1CCCC1)c1ccccn1. The van der Waals surface area contributed by atoms with E-state index in [-0.39, 0.29) is 18.0 Å². The summed E-state index contributed by atoms with van der Waals surface area (Å²) in [5.41, 5.74) is 0.681. The fraction of sp³-hybridized carbons (Fsp3) is 0.333. The second-order valence-corrected chi connectivity index (χ2v) is 4.63. The molecule has 0 saturated carbocycles.